The van der Waals surface area contributed by atoms with Gasteiger partial charge in [0.1, 0.15) is 5.75 Å². The lowest BCUT2D eigenvalue weighted by Gasteiger charge is -2.06. The Bertz CT molecular complexity index is 474. The lowest BCUT2D eigenvalue weighted by atomic mass is 9.98. The molecule has 0 amide bonds. The summed E-state index contributed by atoms with van der Waals surface area (Å²) in [7, 11) is 0. The molecule has 0 bridgehead atoms. The van der Waals surface area contributed by atoms with Gasteiger partial charge in [-0.2, -0.15) is 0 Å². The van der Waals surface area contributed by atoms with Crippen molar-refractivity contribution in [3.05, 3.63) is 29.8 Å². The molecule has 1 aliphatic rings. The summed E-state index contributed by atoms with van der Waals surface area (Å²) in [5.74, 6) is -1.60. The molecule has 0 radical (unpaired) electrons. The lowest BCUT2D eigenvalue weighted by molar-refractivity contribution is -0.152. The highest BCUT2D eigenvalue weighted by Crippen LogP contribution is 2.28. The van der Waals surface area contributed by atoms with Crippen LogP contribution in [0.5, 0.6) is 5.75 Å². The molecular formula is C12H10O5. The Balaban J connectivity index is 2.15. The van der Waals surface area contributed by atoms with Crippen molar-refractivity contribution >= 4 is 17.9 Å². The van der Waals surface area contributed by atoms with Crippen molar-refractivity contribution in [1.82, 2.24) is 0 Å². The number of hydrogen-bond donors (Lipinski definition) is 0. The summed E-state index contributed by atoms with van der Waals surface area (Å²) in [6, 6.07) is 6.44. The number of ether oxygens (including phenoxy) is 2. The molecule has 0 N–H and O–H groups in total. The average Bonchev–Trinajstić information content (AvgIpc) is 2.58. The van der Waals surface area contributed by atoms with Crippen molar-refractivity contribution in [2.45, 2.75) is 19.3 Å². The molecule has 1 heterocycles. The van der Waals surface area contributed by atoms with Gasteiger partial charge in [0.2, 0.25) is 0 Å². The van der Waals surface area contributed by atoms with Crippen LogP contribution in [0.3, 0.4) is 0 Å². The predicted octanol–water partition coefficient (Wildman–Crippen LogP) is 1.17. The van der Waals surface area contributed by atoms with Crippen LogP contribution >= 0.6 is 0 Å². The summed E-state index contributed by atoms with van der Waals surface area (Å²) in [5, 5.41) is 0. The van der Waals surface area contributed by atoms with Crippen LogP contribution in [0.4, 0.5) is 0 Å². The number of benzene rings is 1. The Morgan fingerprint density at radius 3 is 2.41 bits per heavy atom. The zero-order chi connectivity index (χ0) is 12.4. The maximum Gasteiger partial charge on any atom is 0.321 e. The third kappa shape index (κ3) is 2.50. The van der Waals surface area contributed by atoms with Crippen LogP contribution in [-0.2, 0) is 19.1 Å². The molecule has 0 saturated carbocycles. The van der Waals surface area contributed by atoms with Gasteiger partial charge in [-0.3, -0.25) is 14.4 Å². The van der Waals surface area contributed by atoms with Crippen molar-refractivity contribution < 1.29 is 23.9 Å². The number of hydrogen-bond acceptors (Lipinski definition) is 5. The molecule has 1 fully saturated rings. The first-order chi connectivity index (χ1) is 8.06. The molecule has 1 aliphatic heterocycles. The first kappa shape index (κ1) is 11.3. The van der Waals surface area contributed by atoms with Crippen LogP contribution in [-0.4, -0.2) is 17.9 Å². The van der Waals surface area contributed by atoms with Crippen LogP contribution in [0.1, 0.15) is 24.8 Å². The average molecular weight is 234 g/mol. The van der Waals surface area contributed by atoms with E-state index in [1.165, 1.54) is 6.92 Å². The molecular weight excluding hydrogens is 224 g/mol. The van der Waals surface area contributed by atoms with Crippen molar-refractivity contribution in [2.24, 2.45) is 0 Å². The molecule has 1 aromatic rings. The Labute approximate surface area is 97.3 Å². The second kappa shape index (κ2) is 4.37. The largest absolute Gasteiger partial charge is 0.427 e. The molecule has 0 spiro atoms. The molecule has 5 nitrogen and oxygen atoms in total. The van der Waals surface area contributed by atoms with Gasteiger partial charge in [0.15, 0.2) is 0 Å². The topological polar surface area (TPSA) is 69.7 Å². The third-order valence-electron chi connectivity index (χ3n) is 2.41. The number of carbonyl (C=O) groups is 3. The van der Waals surface area contributed by atoms with Crippen LogP contribution in [0.25, 0.3) is 0 Å². The van der Waals surface area contributed by atoms with Gasteiger partial charge in [0.25, 0.3) is 0 Å². The Hall–Kier alpha value is -2.17. The zero-order valence-corrected chi connectivity index (χ0v) is 9.14. The minimum Gasteiger partial charge on any atom is -0.427 e. The van der Waals surface area contributed by atoms with Gasteiger partial charge in [-0.25, -0.2) is 0 Å². The first-order valence-corrected chi connectivity index (χ1v) is 5.09. The molecule has 1 atom stereocenters. The molecule has 2 rings (SSSR count). The molecule has 1 aromatic carbocycles. The summed E-state index contributed by atoms with van der Waals surface area (Å²) in [5.41, 5.74) is 0.678. The quantitative estimate of drug-likeness (QED) is 0.436. The number of cyclic esters (lactones) is 2. The number of rotatable bonds is 2. The monoisotopic (exact) mass is 234 g/mol. The van der Waals surface area contributed by atoms with E-state index in [4.69, 9.17) is 4.74 Å². The minimum absolute atomic E-state index is 0.0613. The van der Waals surface area contributed by atoms with E-state index in [1.807, 2.05) is 0 Å². The summed E-state index contributed by atoms with van der Waals surface area (Å²) in [6.45, 7) is 1.31. The molecule has 17 heavy (non-hydrogen) atoms. The van der Waals surface area contributed by atoms with E-state index < -0.39 is 23.8 Å². The molecule has 1 saturated heterocycles. The molecule has 0 aliphatic carbocycles. The van der Waals surface area contributed by atoms with Crippen LogP contribution in [0, 0.1) is 0 Å². The Morgan fingerprint density at radius 2 is 1.94 bits per heavy atom. The summed E-state index contributed by atoms with van der Waals surface area (Å²) < 4.78 is 9.32. The maximum absolute atomic E-state index is 11.3. The summed E-state index contributed by atoms with van der Waals surface area (Å²) in [6.07, 6.45) is 0.0613. The van der Waals surface area contributed by atoms with E-state index in [-0.39, 0.29) is 6.42 Å². The SMILES string of the molecule is CC(=O)Oc1ccc([C@@H]2CC(=O)OC2=O)cc1. The Kier molecular flexibility index (Phi) is 2.91. The fourth-order valence-electron chi connectivity index (χ4n) is 1.66. The van der Waals surface area contributed by atoms with E-state index in [1.54, 1.807) is 24.3 Å². The van der Waals surface area contributed by atoms with E-state index in [2.05, 4.69) is 4.74 Å². The van der Waals surface area contributed by atoms with E-state index in [9.17, 15) is 14.4 Å². The minimum atomic E-state index is -0.547. The van der Waals surface area contributed by atoms with Crippen molar-refractivity contribution in [2.75, 3.05) is 0 Å². The second-order valence-corrected chi connectivity index (χ2v) is 3.71. The second-order valence-electron chi connectivity index (χ2n) is 3.71. The highest BCUT2D eigenvalue weighted by Gasteiger charge is 2.34. The van der Waals surface area contributed by atoms with E-state index in [0.29, 0.717) is 11.3 Å². The van der Waals surface area contributed by atoms with Crippen LogP contribution < -0.4 is 4.74 Å². The lowest BCUT2D eigenvalue weighted by Crippen LogP contribution is -2.06. The first-order valence-electron chi connectivity index (χ1n) is 5.09. The fraction of sp³-hybridized carbons (Fsp3) is 0.250. The van der Waals surface area contributed by atoms with Crippen molar-refractivity contribution in [3.63, 3.8) is 0 Å². The predicted molar refractivity (Wildman–Crippen MR) is 56.2 cm³/mol. The van der Waals surface area contributed by atoms with Gasteiger partial charge in [0, 0.05) is 6.92 Å². The molecule has 5 heteroatoms. The van der Waals surface area contributed by atoms with Gasteiger partial charge in [0.05, 0.1) is 12.3 Å². The van der Waals surface area contributed by atoms with Crippen molar-refractivity contribution in [1.29, 1.82) is 0 Å². The van der Waals surface area contributed by atoms with Gasteiger partial charge < -0.3 is 9.47 Å². The zero-order valence-electron chi connectivity index (χ0n) is 9.14. The Morgan fingerprint density at radius 1 is 1.29 bits per heavy atom. The molecule has 0 unspecified atom stereocenters. The van der Waals surface area contributed by atoms with Gasteiger partial charge >= 0.3 is 17.9 Å². The summed E-state index contributed by atoms with van der Waals surface area (Å²) >= 11 is 0. The third-order valence-corrected chi connectivity index (χ3v) is 2.41. The van der Waals surface area contributed by atoms with Gasteiger partial charge in [-0.15, -0.1) is 0 Å². The molecule has 88 valence electrons. The standard InChI is InChI=1S/C12H10O5/c1-7(13)16-9-4-2-8(3-5-9)10-6-11(14)17-12(10)15/h2-5,10H,6H2,1H3/t10-/m0/s1. The van der Waals surface area contributed by atoms with Crippen molar-refractivity contribution in [3.8, 4) is 5.75 Å². The van der Waals surface area contributed by atoms with E-state index in [0.717, 1.165) is 0 Å². The van der Waals surface area contributed by atoms with Crippen LogP contribution in [0.2, 0.25) is 0 Å². The van der Waals surface area contributed by atoms with E-state index >= 15 is 0 Å². The highest BCUT2D eigenvalue weighted by molar-refractivity contribution is 5.97. The molecule has 0 aromatic heterocycles. The highest BCUT2D eigenvalue weighted by atomic mass is 16.6. The van der Waals surface area contributed by atoms with Gasteiger partial charge in [-0.1, -0.05) is 12.1 Å². The fourth-order valence-corrected chi connectivity index (χ4v) is 1.66. The maximum atomic E-state index is 11.3. The number of esters is 3. The summed E-state index contributed by atoms with van der Waals surface area (Å²) in [4.78, 5) is 33.0. The number of carbonyl (C=O) groups excluding carboxylic acids is 3. The van der Waals surface area contributed by atoms with Crippen LogP contribution in [0.15, 0.2) is 24.3 Å². The normalized spacial score (nSPS) is 19.0. The van der Waals surface area contributed by atoms with Gasteiger partial charge in [-0.05, 0) is 17.7 Å². The smallest absolute Gasteiger partial charge is 0.321 e.